The molecule has 1 N–H and O–H groups in total. The molecule has 4 aromatic rings. The first kappa shape index (κ1) is 23.0. The quantitative estimate of drug-likeness (QED) is 0.399. The van der Waals surface area contributed by atoms with Gasteiger partial charge in [0.2, 0.25) is 0 Å². The molecule has 1 aromatic heterocycles. The number of benzene rings is 3. The molecule has 7 nitrogen and oxygen atoms in total. The van der Waals surface area contributed by atoms with Crippen molar-refractivity contribution in [3.05, 3.63) is 115 Å². The summed E-state index contributed by atoms with van der Waals surface area (Å²) < 4.78 is 34.1. The van der Waals surface area contributed by atoms with E-state index in [1.807, 2.05) is 30.3 Å². The van der Waals surface area contributed by atoms with E-state index in [2.05, 4.69) is 10.3 Å². The molecule has 0 bridgehead atoms. The molecule has 172 valence electrons. The second-order valence-electron chi connectivity index (χ2n) is 7.42. The fraction of sp³-hybridized carbons (Fsp3) is 0.0769. The summed E-state index contributed by atoms with van der Waals surface area (Å²) in [5.74, 6) is 0.194. The van der Waals surface area contributed by atoms with E-state index in [1.165, 1.54) is 22.6 Å². The van der Waals surface area contributed by atoms with Crippen molar-refractivity contribution in [2.45, 2.75) is 11.4 Å². The molecule has 1 amide bonds. The normalized spacial score (nSPS) is 11.0. The predicted octanol–water partition coefficient (Wildman–Crippen LogP) is 4.74. The summed E-state index contributed by atoms with van der Waals surface area (Å²) >= 11 is 0. The number of ether oxygens (including phenoxy) is 1. The maximum absolute atomic E-state index is 13.8. The molecule has 0 atom stereocenters. The van der Waals surface area contributed by atoms with Crippen molar-refractivity contribution in [1.29, 1.82) is 0 Å². The number of amides is 1. The average molecular weight is 474 g/mol. The highest BCUT2D eigenvalue weighted by atomic mass is 32.2. The van der Waals surface area contributed by atoms with Crippen molar-refractivity contribution in [3.8, 4) is 5.75 Å². The first-order valence-corrected chi connectivity index (χ1v) is 11.9. The second-order valence-corrected chi connectivity index (χ2v) is 9.28. The Morgan fingerprint density at radius 2 is 1.71 bits per heavy atom. The summed E-state index contributed by atoms with van der Waals surface area (Å²) in [5.41, 5.74) is 2.05. The Kier molecular flexibility index (Phi) is 6.89. The van der Waals surface area contributed by atoms with E-state index >= 15 is 0 Å². The summed E-state index contributed by atoms with van der Waals surface area (Å²) in [5, 5.41) is 2.73. The van der Waals surface area contributed by atoms with Crippen LogP contribution in [0.3, 0.4) is 0 Å². The largest absolute Gasteiger partial charge is 0.497 e. The molecule has 0 saturated heterocycles. The van der Waals surface area contributed by atoms with Crippen LogP contribution in [0.5, 0.6) is 5.75 Å². The summed E-state index contributed by atoms with van der Waals surface area (Å²) in [7, 11) is -2.45. The molecule has 0 fully saturated rings. The van der Waals surface area contributed by atoms with Crippen molar-refractivity contribution in [2.24, 2.45) is 0 Å². The number of aromatic nitrogens is 1. The summed E-state index contributed by atoms with van der Waals surface area (Å²) in [6.07, 6.45) is 3.12. The van der Waals surface area contributed by atoms with Crippen LogP contribution in [-0.4, -0.2) is 26.4 Å². The Bertz CT molecular complexity index is 1360. The number of carbonyl (C=O) groups excluding carboxylic acids is 1. The van der Waals surface area contributed by atoms with Gasteiger partial charge in [-0.25, -0.2) is 8.42 Å². The summed E-state index contributed by atoms with van der Waals surface area (Å²) in [6.45, 7) is 0.127. The highest BCUT2D eigenvalue weighted by Gasteiger charge is 2.26. The van der Waals surface area contributed by atoms with Crippen molar-refractivity contribution in [2.75, 3.05) is 16.7 Å². The first-order valence-electron chi connectivity index (χ1n) is 10.5. The summed E-state index contributed by atoms with van der Waals surface area (Å²) in [6, 6.07) is 25.5. The highest BCUT2D eigenvalue weighted by molar-refractivity contribution is 7.92. The minimum Gasteiger partial charge on any atom is -0.497 e. The lowest BCUT2D eigenvalue weighted by molar-refractivity contribution is 0.102. The van der Waals surface area contributed by atoms with Crippen molar-refractivity contribution >= 4 is 27.3 Å². The lowest BCUT2D eigenvalue weighted by Gasteiger charge is -2.25. The zero-order valence-electron chi connectivity index (χ0n) is 18.5. The molecule has 0 spiro atoms. The molecule has 0 unspecified atom stereocenters. The fourth-order valence-electron chi connectivity index (χ4n) is 3.38. The van der Waals surface area contributed by atoms with Gasteiger partial charge in [0.25, 0.3) is 15.9 Å². The molecule has 0 radical (unpaired) electrons. The van der Waals surface area contributed by atoms with E-state index in [4.69, 9.17) is 4.74 Å². The van der Waals surface area contributed by atoms with Crippen LogP contribution in [0.25, 0.3) is 0 Å². The predicted molar refractivity (Wildman–Crippen MR) is 131 cm³/mol. The minimum atomic E-state index is -4.00. The summed E-state index contributed by atoms with van der Waals surface area (Å²) in [4.78, 5) is 16.7. The molecule has 34 heavy (non-hydrogen) atoms. The third-order valence-electron chi connectivity index (χ3n) is 5.13. The molecule has 3 aromatic carbocycles. The smallest absolute Gasteiger partial charge is 0.264 e. The van der Waals surface area contributed by atoms with Crippen LogP contribution < -0.4 is 14.4 Å². The van der Waals surface area contributed by atoms with E-state index in [-0.39, 0.29) is 17.0 Å². The lowest BCUT2D eigenvalue weighted by Crippen LogP contribution is -2.30. The van der Waals surface area contributed by atoms with Crippen LogP contribution in [0.2, 0.25) is 0 Å². The van der Waals surface area contributed by atoms with Gasteiger partial charge in [0.05, 0.1) is 36.1 Å². The standard InChI is InChI=1S/C26H23N3O4S/c1-33-24-14-12-23(13-15-24)29(19-20-7-3-2-4-8-20)34(31,32)25-11-5-9-21(17-25)26(30)28-22-10-6-16-27-18-22/h2-18H,19H2,1H3,(H,28,30). The maximum atomic E-state index is 13.8. The number of hydrogen-bond acceptors (Lipinski definition) is 5. The monoisotopic (exact) mass is 473 g/mol. The van der Waals surface area contributed by atoms with E-state index in [0.717, 1.165) is 5.56 Å². The number of anilines is 2. The molecule has 0 aliphatic rings. The Hall–Kier alpha value is -4.17. The molecule has 0 aliphatic carbocycles. The van der Waals surface area contributed by atoms with Crippen LogP contribution in [-0.2, 0) is 16.6 Å². The first-order chi connectivity index (χ1) is 16.5. The molecular formula is C26H23N3O4S. The Balaban J connectivity index is 1.69. The molecular weight excluding hydrogens is 450 g/mol. The lowest BCUT2D eigenvalue weighted by atomic mass is 10.2. The zero-order chi connectivity index (χ0) is 24.0. The van der Waals surface area contributed by atoms with Crippen molar-refractivity contribution < 1.29 is 17.9 Å². The number of rotatable bonds is 8. The van der Waals surface area contributed by atoms with Gasteiger partial charge in [0.1, 0.15) is 5.75 Å². The molecule has 0 aliphatic heterocycles. The topological polar surface area (TPSA) is 88.6 Å². The van der Waals surface area contributed by atoms with E-state index in [1.54, 1.807) is 61.8 Å². The van der Waals surface area contributed by atoms with Crippen LogP contribution in [0.15, 0.2) is 108 Å². The molecule has 8 heteroatoms. The highest BCUT2D eigenvalue weighted by Crippen LogP contribution is 2.28. The SMILES string of the molecule is COc1ccc(N(Cc2ccccc2)S(=O)(=O)c2cccc(C(=O)Nc3cccnc3)c2)cc1. The van der Waals surface area contributed by atoms with Crippen LogP contribution in [0.1, 0.15) is 15.9 Å². The van der Waals surface area contributed by atoms with Gasteiger partial charge in [0.15, 0.2) is 0 Å². The number of carbonyl (C=O) groups is 1. The Morgan fingerprint density at radius 3 is 2.38 bits per heavy atom. The van der Waals surface area contributed by atoms with Crippen LogP contribution in [0.4, 0.5) is 11.4 Å². The number of hydrogen-bond donors (Lipinski definition) is 1. The van der Waals surface area contributed by atoms with Gasteiger partial charge in [-0.05, 0) is 60.2 Å². The Labute approximate surface area is 198 Å². The van der Waals surface area contributed by atoms with E-state index < -0.39 is 15.9 Å². The van der Waals surface area contributed by atoms with Gasteiger partial charge in [-0.3, -0.25) is 14.1 Å². The van der Waals surface area contributed by atoms with E-state index in [0.29, 0.717) is 17.1 Å². The molecule has 4 rings (SSSR count). The van der Waals surface area contributed by atoms with Gasteiger partial charge >= 0.3 is 0 Å². The van der Waals surface area contributed by atoms with Gasteiger partial charge < -0.3 is 10.1 Å². The van der Waals surface area contributed by atoms with Gasteiger partial charge in [-0.2, -0.15) is 0 Å². The molecule has 1 heterocycles. The number of methoxy groups -OCH3 is 1. The zero-order valence-corrected chi connectivity index (χ0v) is 19.3. The fourth-order valence-corrected chi connectivity index (χ4v) is 4.88. The third kappa shape index (κ3) is 5.24. The van der Waals surface area contributed by atoms with Crippen molar-refractivity contribution in [1.82, 2.24) is 4.98 Å². The third-order valence-corrected chi connectivity index (χ3v) is 6.90. The minimum absolute atomic E-state index is 0.0121. The number of nitrogens with one attached hydrogen (secondary N) is 1. The van der Waals surface area contributed by atoms with Gasteiger partial charge in [-0.15, -0.1) is 0 Å². The van der Waals surface area contributed by atoms with Gasteiger partial charge in [0, 0.05) is 11.8 Å². The van der Waals surface area contributed by atoms with Crippen LogP contribution in [0, 0.1) is 0 Å². The molecule has 0 saturated carbocycles. The number of pyridine rings is 1. The average Bonchev–Trinajstić information content (AvgIpc) is 2.88. The Morgan fingerprint density at radius 1 is 0.941 bits per heavy atom. The van der Waals surface area contributed by atoms with E-state index in [9.17, 15) is 13.2 Å². The second kappa shape index (κ2) is 10.2. The van der Waals surface area contributed by atoms with Gasteiger partial charge in [-0.1, -0.05) is 36.4 Å². The number of sulfonamides is 1. The maximum Gasteiger partial charge on any atom is 0.264 e. The van der Waals surface area contributed by atoms with Crippen LogP contribution >= 0.6 is 0 Å². The van der Waals surface area contributed by atoms with Crippen molar-refractivity contribution in [3.63, 3.8) is 0 Å². The number of nitrogens with zero attached hydrogens (tertiary/aromatic N) is 2.